The van der Waals surface area contributed by atoms with Gasteiger partial charge in [0.1, 0.15) is 0 Å². The minimum atomic E-state index is 0.500. The van der Waals surface area contributed by atoms with Crippen molar-refractivity contribution >= 4 is 13.1 Å². The van der Waals surface area contributed by atoms with Crippen molar-refractivity contribution in [1.82, 2.24) is 5.32 Å². The zero-order valence-corrected chi connectivity index (χ0v) is 10.9. The van der Waals surface area contributed by atoms with Gasteiger partial charge in [0.15, 0.2) is 0 Å². The maximum absolute atomic E-state index is 9.84. The number of nitrogens with zero attached hydrogens (tertiary/aromatic N) is 1. The highest BCUT2D eigenvalue weighted by molar-refractivity contribution is 5.45. The average Bonchev–Trinajstić information content (AvgIpc) is 2.14. The summed E-state index contributed by atoms with van der Waals surface area (Å²) in [4.78, 5) is 13.6. The van der Waals surface area contributed by atoms with E-state index in [-0.39, 0.29) is 0 Å². The van der Waals surface area contributed by atoms with Crippen LogP contribution in [0, 0.1) is 5.41 Å². The molecule has 0 rings (SSSR count). The lowest BCUT2D eigenvalue weighted by Gasteiger charge is -2.05. The summed E-state index contributed by atoms with van der Waals surface area (Å²) < 4.78 is 0. The molecule has 3 nitrogen and oxygen atoms in total. The molecule has 3 heteroatoms. The Morgan fingerprint density at radius 2 is 1.88 bits per heavy atom. The van der Waals surface area contributed by atoms with Crippen molar-refractivity contribution in [3.05, 3.63) is 24.4 Å². The van der Waals surface area contributed by atoms with E-state index >= 15 is 0 Å². The van der Waals surface area contributed by atoms with Gasteiger partial charge in [-0.15, -0.1) is 0 Å². The Morgan fingerprint density at radius 3 is 2.19 bits per heavy atom. The third-order valence-electron chi connectivity index (χ3n) is 1.12. The van der Waals surface area contributed by atoms with Crippen LogP contribution >= 0.6 is 0 Å². The summed E-state index contributed by atoms with van der Waals surface area (Å²) in [5.41, 5.74) is 1.33. The smallest absolute Gasteiger partial charge is 0.207 e. The van der Waals surface area contributed by atoms with Crippen molar-refractivity contribution < 1.29 is 4.79 Å². The van der Waals surface area contributed by atoms with Crippen LogP contribution < -0.4 is 5.32 Å². The summed E-state index contributed by atoms with van der Waals surface area (Å²) >= 11 is 0. The molecule has 0 saturated heterocycles. The van der Waals surface area contributed by atoms with Crippen LogP contribution in [0.4, 0.5) is 0 Å². The molecule has 0 spiro atoms. The summed E-state index contributed by atoms with van der Waals surface area (Å²) in [5.74, 6) is 0. The second-order valence-electron chi connectivity index (χ2n) is 4.87. The lowest BCUT2D eigenvalue weighted by atomic mass is 10.0. The van der Waals surface area contributed by atoms with Gasteiger partial charge >= 0.3 is 0 Å². The first-order chi connectivity index (χ1) is 7.35. The van der Waals surface area contributed by atoms with Gasteiger partial charge in [-0.3, -0.25) is 9.79 Å². The van der Waals surface area contributed by atoms with E-state index in [4.69, 9.17) is 0 Å². The molecule has 0 aliphatic rings. The first-order valence-electron chi connectivity index (χ1n) is 5.30. The highest BCUT2D eigenvalue weighted by atomic mass is 16.1. The van der Waals surface area contributed by atoms with Crippen LogP contribution in [0.3, 0.4) is 0 Å². The lowest BCUT2D eigenvalue weighted by molar-refractivity contribution is -0.109. The van der Waals surface area contributed by atoms with E-state index in [2.05, 4.69) is 51.3 Å². The molecule has 0 aromatic heterocycles. The van der Waals surface area contributed by atoms with Gasteiger partial charge in [0.05, 0.1) is 0 Å². The van der Waals surface area contributed by atoms with Crippen molar-refractivity contribution in [3.8, 4) is 0 Å². The summed E-state index contributed by atoms with van der Waals surface area (Å²) in [6.07, 6.45) is 4.76. The third-order valence-corrected chi connectivity index (χ3v) is 1.12. The standard InChI is InChI=1S/C8H12N2O.C5H12/c1-3-4-8(9-2)5-6-10-7-11;1-5(2,3)4/h3-4,7H,1-2,5-6H2,(H,10,11);1-4H3/b8-4-;. The number of rotatable bonds is 6. The van der Waals surface area contributed by atoms with Crippen molar-refractivity contribution in [2.24, 2.45) is 10.4 Å². The monoisotopic (exact) mass is 224 g/mol. The van der Waals surface area contributed by atoms with Gasteiger partial charge in [-0.1, -0.05) is 40.3 Å². The number of aliphatic imine (C=N–C) groups is 1. The molecule has 0 aromatic carbocycles. The molecule has 0 saturated carbocycles. The highest BCUT2D eigenvalue weighted by Gasteiger charge is 1.95. The number of allylic oxidation sites excluding steroid dienone is 2. The molecule has 1 amide bonds. The van der Waals surface area contributed by atoms with Gasteiger partial charge in [-0.05, 0) is 18.2 Å². The van der Waals surface area contributed by atoms with Crippen molar-refractivity contribution in [2.75, 3.05) is 6.54 Å². The highest BCUT2D eigenvalue weighted by Crippen LogP contribution is 2.08. The fraction of sp³-hybridized carbons (Fsp3) is 0.538. The average molecular weight is 224 g/mol. The number of carbonyl (C=O) groups excluding carboxylic acids is 1. The van der Waals surface area contributed by atoms with E-state index in [1.165, 1.54) is 0 Å². The largest absolute Gasteiger partial charge is 0.358 e. The number of amides is 1. The fourth-order valence-corrected chi connectivity index (χ4v) is 0.610. The van der Waals surface area contributed by atoms with Gasteiger partial charge < -0.3 is 5.32 Å². The summed E-state index contributed by atoms with van der Waals surface area (Å²) in [5, 5.41) is 2.53. The van der Waals surface area contributed by atoms with Crippen LogP contribution in [0.5, 0.6) is 0 Å². The number of hydrogen-bond acceptors (Lipinski definition) is 2. The maximum atomic E-state index is 9.84. The number of nitrogens with one attached hydrogen (secondary N) is 1. The van der Waals surface area contributed by atoms with Crippen LogP contribution in [-0.2, 0) is 4.79 Å². The predicted molar refractivity (Wildman–Crippen MR) is 71.6 cm³/mol. The molecule has 0 aliphatic carbocycles. The van der Waals surface area contributed by atoms with Gasteiger partial charge in [0.25, 0.3) is 0 Å². The molecule has 0 bridgehead atoms. The quantitative estimate of drug-likeness (QED) is 0.320. The minimum absolute atomic E-state index is 0.500. The van der Waals surface area contributed by atoms with Crippen molar-refractivity contribution in [1.29, 1.82) is 0 Å². The van der Waals surface area contributed by atoms with Crippen molar-refractivity contribution in [3.63, 3.8) is 0 Å². The van der Waals surface area contributed by atoms with E-state index in [0.717, 1.165) is 5.70 Å². The first-order valence-corrected chi connectivity index (χ1v) is 5.30. The number of carbonyl (C=O) groups is 1. The van der Waals surface area contributed by atoms with Crippen LogP contribution in [0.15, 0.2) is 29.4 Å². The van der Waals surface area contributed by atoms with E-state index < -0.39 is 0 Å². The van der Waals surface area contributed by atoms with Crippen LogP contribution in [0.1, 0.15) is 34.1 Å². The molecule has 0 heterocycles. The molecular weight excluding hydrogens is 200 g/mol. The Morgan fingerprint density at radius 1 is 1.38 bits per heavy atom. The van der Waals surface area contributed by atoms with E-state index in [9.17, 15) is 4.79 Å². The Labute approximate surface area is 99.4 Å². The normalized spacial score (nSPS) is 10.9. The SMILES string of the molecule is C=C/C=C(/CCNC=O)N=C.CC(C)(C)C. The van der Waals surface area contributed by atoms with E-state index in [1.807, 2.05) is 0 Å². The van der Waals surface area contributed by atoms with Crippen LogP contribution in [-0.4, -0.2) is 19.7 Å². The summed E-state index contributed by atoms with van der Waals surface area (Å²) in [7, 11) is 0. The minimum Gasteiger partial charge on any atom is -0.358 e. The molecule has 0 aliphatic heterocycles. The molecule has 16 heavy (non-hydrogen) atoms. The number of hydrogen-bond donors (Lipinski definition) is 1. The van der Waals surface area contributed by atoms with E-state index in [0.29, 0.717) is 24.8 Å². The Hall–Kier alpha value is -1.38. The molecule has 0 radical (unpaired) electrons. The molecule has 0 atom stereocenters. The van der Waals surface area contributed by atoms with Crippen LogP contribution in [0.25, 0.3) is 0 Å². The maximum Gasteiger partial charge on any atom is 0.207 e. The summed E-state index contributed by atoms with van der Waals surface area (Å²) in [6.45, 7) is 16.2. The lowest BCUT2D eigenvalue weighted by Crippen LogP contribution is -2.12. The van der Waals surface area contributed by atoms with Gasteiger partial charge in [0, 0.05) is 18.7 Å². The third kappa shape index (κ3) is 22.9. The second kappa shape index (κ2) is 10.1. The van der Waals surface area contributed by atoms with E-state index in [1.54, 1.807) is 12.2 Å². The van der Waals surface area contributed by atoms with Gasteiger partial charge in [-0.25, -0.2) is 0 Å². The predicted octanol–water partition coefficient (Wildman–Crippen LogP) is 2.95. The Kier molecular flexibility index (Phi) is 10.8. The molecule has 0 aromatic rings. The summed E-state index contributed by atoms with van der Waals surface area (Å²) in [6, 6.07) is 0. The molecule has 0 unspecified atom stereocenters. The molecule has 0 fully saturated rings. The Bertz CT molecular complexity index is 231. The second-order valence-corrected chi connectivity index (χ2v) is 4.87. The van der Waals surface area contributed by atoms with Gasteiger partial charge in [-0.2, -0.15) is 0 Å². The fourth-order valence-electron chi connectivity index (χ4n) is 0.610. The van der Waals surface area contributed by atoms with Crippen molar-refractivity contribution in [2.45, 2.75) is 34.1 Å². The molecule has 92 valence electrons. The molecule has 1 N–H and O–H groups in total. The van der Waals surface area contributed by atoms with Crippen LogP contribution in [0.2, 0.25) is 0 Å². The Balaban J connectivity index is 0. The molecular formula is C13H24N2O. The zero-order chi connectivity index (χ0) is 13.0. The first kappa shape index (κ1) is 17.0. The van der Waals surface area contributed by atoms with Gasteiger partial charge in [0.2, 0.25) is 6.41 Å². The topological polar surface area (TPSA) is 41.5 Å². The zero-order valence-electron chi connectivity index (χ0n) is 10.9.